The van der Waals surface area contributed by atoms with Crippen LogP contribution >= 0.6 is 0 Å². The summed E-state index contributed by atoms with van der Waals surface area (Å²) in [6.45, 7) is 7.05. The summed E-state index contributed by atoms with van der Waals surface area (Å²) < 4.78 is 5.03. The molecule has 1 N–H and O–H groups in total. The van der Waals surface area contributed by atoms with E-state index in [1.807, 2.05) is 6.92 Å². The predicted molar refractivity (Wildman–Crippen MR) is 37.3 cm³/mol. The van der Waals surface area contributed by atoms with Crippen LogP contribution in [0.2, 0.25) is 0 Å². The Labute approximate surface area is 56.1 Å². The van der Waals surface area contributed by atoms with E-state index in [4.69, 9.17) is 9.84 Å². The largest absolute Gasteiger partial charge is 0.392 e. The molecule has 0 amide bonds. The molecule has 2 nitrogen and oxygen atoms in total. The van der Waals surface area contributed by atoms with Gasteiger partial charge in [0.15, 0.2) is 0 Å². The standard InChI is InChI=1S/C7H14O2/c1-3-9-5-4-7(2)6-8/h8H,2-6H2,1H3. The molecule has 54 valence electrons. The van der Waals surface area contributed by atoms with E-state index in [1.165, 1.54) is 0 Å². The van der Waals surface area contributed by atoms with Crippen LogP contribution in [0.3, 0.4) is 0 Å². The maximum absolute atomic E-state index is 8.48. The second kappa shape index (κ2) is 5.79. The quantitative estimate of drug-likeness (QED) is 0.443. The van der Waals surface area contributed by atoms with E-state index in [0.29, 0.717) is 6.61 Å². The first-order valence-electron chi connectivity index (χ1n) is 3.16. The van der Waals surface area contributed by atoms with E-state index >= 15 is 0 Å². The molecule has 2 heteroatoms. The maximum Gasteiger partial charge on any atom is 0.0639 e. The van der Waals surface area contributed by atoms with Crippen LogP contribution in [0.4, 0.5) is 0 Å². The first-order chi connectivity index (χ1) is 4.31. The highest BCUT2D eigenvalue weighted by atomic mass is 16.5. The van der Waals surface area contributed by atoms with Crippen molar-refractivity contribution in [2.75, 3.05) is 19.8 Å². The van der Waals surface area contributed by atoms with Crippen LogP contribution < -0.4 is 0 Å². The molecule has 0 saturated carbocycles. The van der Waals surface area contributed by atoms with Gasteiger partial charge in [-0.15, -0.1) is 0 Å². The van der Waals surface area contributed by atoms with E-state index in [0.717, 1.165) is 18.6 Å². The van der Waals surface area contributed by atoms with Gasteiger partial charge in [0.25, 0.3) is 0 Å². The lowest BCUT2D eigenvalue weighted by molar-refractivity contribution is 0.148. The van der Waals surface area contributed by atoms with Crippen LogP contribution in [0.25, 0.3) is 0 Å². The SMILES string of the molecule is C=C(CO)CCOCC. The zero-order valence-electron chi connectivity index (χ0n) is 5.89. The molecule has 0 aliphatic heterocycles. The molecule has 0 atom stereocenters. The number of aliphatic hydroxyl groups excluding tert-OH is 1. The molecule has 0 spiro atoms. The minimum absolute atomic E-state index is 0.0765. The molecule has 0 saturated heterocycles. The number of aliphatic hydroxyl groups is 1. The minimum Gasteiger partial charge on any atom is -0.392 e. The number of ether oxygens (including phenoxy) is 1. The van der Waals surface area contributed by atoms with Crippen molar-refractivity contribution in [1.82, 2.24) is 0 Å². The molecule has 0 rings (SSSR count). The summed E-state index contributed by atoms with van der Waals surface area (Å²) in [7, 11) is 0. The van der Waals surface area contributed by atoms with Crippen molar-refractivity contribution in [2.45, 2.75) is 13.3 Å². The first kappa shape index (κ1) is 8.66. The van der Waals surface area contributed by atoms with Crippen LogP contribution in [0.5, 0.6) is 0 Å². The lowest BCUT2D eigenvalue weighted by Crippen LogP contribution is -1.97. The Morgan fingerprint density at radius 1 is 1.67 bits per heavy atom. The fourth-order valence-corrected chi connectivity index (χ4v) is 0.440. The highest BCUT2D eigenvalue weighted by Crippen LogP contribution is 1.94. The van der Waals surface area contributed by atoms with E-state index in [2.05, 4.69) is 6.58 Å². The molecular weight excluding hydrogens is 116 g/mol. The summed E-state index contributed by atoms with van der Waals surface area (Å²) in [5.41, 5.74) is 0.837. The highest BCUT2D eigenvalue weighted by molar-refractivity contribution is 4.92. The molecule has 0 unspecified atom stereocenters. The highest BCUT2D eigenvalue weighted by Gasteiger charge is 1.89. The number of hydrogen-bond donors (Lipinski definition) is 1. The minimum atomic E-state index is 0.0765. The number of hydrogen-bond acceptors (Lipinski definition) is 2. The van der Waals surface area contributed by atoms with Crippen LogP contribution in [0.1, 0.15) is 13.3 Å². The van der Waals surface area contributed by atoms with Gasteiger partial charge in [-0.25, -0.2) is 0 Å². The average molecular weight is 130 g/mol. The molecular formula is C7H14O2. The van der Waals surface area contributed by atoms with Crippen molar-refractivity contribution in [3.8, 4) is 0 Å². The Morgan fingerprint density at radius 3 is 2.78 bits per heavy atom. The van der Waals surface area contributed by atoms with Crippen LogP contribution in [-0.4, -0.2) is 24.9 Å². The van der Waals surface area contributed by atoms with Crippen molar-refractivity contribution >= 4 is 0 Å². The molecule has 0 aliphatic carbocycles. The molecule has 9 heavy (non-hydrogen) atoms. The smallest absolute Gasteiger partial charge is 0.0639 e. The van der Waals surface area contributed by atoms with E-state index in [-0.39, 0.29) is 6.61 Å². The monoisotopic (exact) mass is 130 g/mol. The van der Waals surface area contributed by atoms with Gasteiger partial charge in [0.2, 0.25) is 0 Å². The van der Waals surface area contributed by atoms with E-state index in [1.54, 1.807) is 0 Å². The molecule has 0 heterocycles. The van der Waals surface area contributed by atoms with Crippen LogP contribution in [0.15, 0.2) is 12.2 Å². The second-order valence-electron chi connectivity index (χ2n) is 1.86. The van der Waals surface area contributed by atoms with Crippen molar-refractivity contribution < 1.29 is 9.84 Å². The molecule has 0 aromatic carbocycles. The van der Waals surface area contributed by atoms with Gasteiger partial charge >= 0.3 is 0 Å². The second-order valence-corrected chi connectivity index (χ2v) is 1.86. The van der Waals surface area contributed by atoms with Gasteiger partial charge in [-0.1, -0.05) is 6.58 Å². The zero-order valence-corrected chi connectivity index (χ0v) is 5.89. The summed E-state index contributed by atoms with van der Waals surface area (Å²) >= 11 is 0. The molecule has 0 fully saturated rings. The van der Waals surface area contributed by atoms with Gasteiger partial charge in [-0.05, 0) is 18.9 Å². The number of rotatable bonds is 5. The fraction of sp³-hybridized carbons (Fsp3) is 0.714. The summed E-state index contributed by atoms with van der Waals surface area (Å²) in [6.07, 6.45) is 0.768. The Morgan fingerprint density at radius 2 is 2.33 bits per heavy atom. The van der Waals surface area contributed by atoms with Crippen molar-refractivity contribution in [1.29, 1.82) is 0 Å². The third-order valence-electron chi connectivity index (χ3n) is 1.03. The lowest BCUT2D eigenvalue weighted by atomic mass is 10.2. The fourth-order valence-electron chi connectivity index (χ4n) is 0.440. The van der Waals surface area contributed by atoms with Gasteiger partial charge < -0.3 is 9.84 Å². The van der Waals surface area contributed by atoms with E-state index < -0.39 is 0 Å². The third kappa shape index (κ3) is 5.53. The van der Waals surface area contributed by atoms with Crippen LogP contribution in [-0.2, 0) is 4.74 Å². The van der Waals surface area contributed by atoms with Crippen molar-refractivity contribution in [2.24, 2.45) is 0 Å². The molecule has 0 aromatic rings. The normalized spacial score (nSPS) is 9.56. The van der Waals surface area contributed by atoms with Gasteiger partial charge in [-0.3, -0.25) is 0 Å². The molecule has 0 radical (unpaired) electrons. The van der Waals surface area contributed by atoms with Gasteiger partial charge in [0.1, 0.15) is 0 Å². The lowest BCUT2D eigenvalue weighted by Gasteiger charge is -2.00. The van der Waals surface area contributed by atoms with E-state index in [9.17, 15) is 0 Å². The molecule has 0 aliphatic rings. The summed E-state index contributed by atoms with van der Waals surface area (Å²) in [6, 6.07) is 0. The van der Waals surface area contributed by atoms with Gasteiger partial charge in [-0.2, -0.15) is 0 Å². The molecule has 0 aromatic heterocycles. The van der Waals surface area contributed by atoms with Crippen molar-refractivity contribution in [3.05, 3.63) is 12.2 Å². The topological polar surface area (TPSA) is 29.5 Å². The average Bonchev–Trinajstić information content (AvgIpc) is 1.89. The van der Waals surface area contributed by atoms with Crippen molar-refractivity contribution in [3.63, 3.8) is 0 Å². The summed E-state index contributed by atoms with van der Waals surface area (Å²) in [4.78, 5) is 0. The summed E-state index contributed by atoms with van der Waals surface area (Å²) in [5, 5.41) is 8.48. The Hall–Kier alpha value is -0.340. The van der Waals surface area contributed by atoms with Gasteiger partial charge in [0, 0.05) is 6.61 Å². The third-order valence-corrected chi connectivity index (χ3v) is 1.03. The summed E-state index contributed by atoms with van der Waals surface area (Å²) in [5.74, 6) is 0. The Balaban J connectivity index is 2.97. The Kier molecular flexibility index (Phi) is 5.57. The zero-order chi connectivity index (χ0) is 7.11. The van der Waals surface area contributed by atoms with Crippen LogP contribution in [0, 0.1) is 0 Å². The first-order valence-corrected chi connectivity index (χ1v) is 3.16. The van der Waals surface area contributed by atoms with Gasteiger partial charge in [0.05, 0.1) is 13.2 Å². The Bertz CT molecular complexity index is 79.0. The predicted octanol–water partition coefficient (Wildman–Crippen LogP) is 0.962. The maximum atomic E-state index is 8.48. The molecule has 0 bridgehead atoms.